The van der Waals surface area contributed by atoms with Gasteiger partial charge in [0.15, 0.2) is 0 Å². The number of carboxylic acid groups (broad SMARTS) is 1. The van der Waals surface area contributed by atoms with Crippen LogP contribution in [0.25, 0.3) is 0 Å². The summed E-state index contributed by atoms with van der Waals surface area (Å²) in [6.07, 6.45) is 14.2. The molecule has 1 N–H and O–H groups in total. The summed E-state index contributed by atoms with van der Waals surface area (Å²) in [4.78, 5) is 10.5. The molecule has 1 heterocycles. The first-order chi connectivity index (χ1) is 11.7. The highest BCUT2D eigenvalue weighted by atomic mass is 32.2. The normalized spacial score (nSPS) is 20.5. The van der Waals surface area contributed by atoms with E-state index in [4.69, 9.17) is 9.84 Å². The Labute approximate surface area is 153 Å². The molecule has 1 rings (SSSR count). The highest BCUT2D eigenvalue weighted by Gasteiger charge is 2.27. The lowest BCUT2D eigenvalue weighted by atomic mass is 9.92. The molecule has 0 bridgehead atoms. The predicted molar refractivity (Wildman–Crippen MR) is 104 cm³/mol. The quantitative estimate of drug-likeness (QED) is 0.356. The van der Waals surface area contributed by atoms with E-state index in [1.54, 1.807) is 0 Å². The molecule has 0 aromatic heterocycles. The highest BCUT2D eigenvalue weighted by Crippen LogP contribution is 2.29. The lowest BCUT2D eigenvalue weighted by Crippen LogP contribution is -2.15. The lowest BCUT2D eigenvalue weighted by molar-refractivity contribution is -0.137. The van der Waals surface area contributed by atoms with Crippen LogP contribution >= 0.6 is 11.8 Å². The van der Waals surface area contributed by atoms with Crippen LogP contribution in [-0.4, -0.2) is 35.8 Å². The number of carboxylic acids is 1. The standard InChI is InChI=1S/C20H38O3S/c1-2-3-4-5-8-11-14-24-17-19-16-23-15-18(19)12-9-6-7-10-13-20(21)22/h18-19H,2-17H2,1H3,(H,21,22). The zero-order chi connectivity index (χ0) is 17.5. The van der Waals surface area contributed by atoms with Crippen molar-refractivity contribution in [3.05, 3.63) is 0 Å². The Kier molecular flexibility index (Phi) is 13.7. The number of aliphatic carboxylic acids is 1. The van der Waals surface area contributed by atoms with Gasteiger partial charge in [-0.25, -0.2) is 0 Å². The van der Waals surface area contributed by atoms with Crippen LogP contribution in [0.4, 0.5) is 0 Å². The average Bonchev–Trinajstić information content (AvgIpc) is 3.00. The fourth-order valence-electron chi connectivity index (χ4n) is 3.40. The minimum absolute atomic E-state index is 0.324. The Morgan fingerprint density at radius 3 is 2.42 bits per heavy atom. The van der Waals surface area contributed by atoms with Crippen molar-refractivity contribution in [3.63, 3.8) is 0 Å². The second kappa shape index (κ2) is 15.1. The van der Waals surface area contributed by atoms with Gasteiger partial charge in [-0.15, -0.1) is 0 Å². The Morgan fingerprint density at radius 1 is 0.958 bits per heavy atom. The van der Waals surface area contributed by atoms with Crippen molar-refractivity contribution < 1.29 is 14.6 Å². The highest BCUT2D eigenvalue weighted by molar-refractivity contribution is 7.99. The first kappa shape index (κ1) is 21.8. The molecule has 0 radical (unpaired) electrons. The van der Waals surface area contributed by atoms with Gasteiger partial charge in [0.2, 0.25) is 0 Å². The minimum atomic E-state index is -0.665. The van der Waals surface area contributed by atoms with Gasteiger partial charge >= 0.3 is 5.97 Å². The maximum absolute atomic E-state index is 10.5. The molecule has 4 heteroatoms. The maximum atomic E-state index is 10.5. The summed E-state index contributed by atoms with van der Waals surface area (Å²) in [5.74, 6) is 3.39. The van der Waals surface area contributed by atoms with E-state index >= 15 is 0 Å². The Morgan fingerprint density at radius 2 is 1.62 bits per heavy atom. The molecule has 142 valence electrons. The van der Waals surface area contributed by atoms with E-state index in [2.05, 4.69) is 18.7 Å². The number of hydrogen-bond acceptors (Lipinski definition) is 3. The lowest BCUT2D eigenvalue weighted by Gasteiger charge is -2.17. The maximum Gasteiger partial charge on any atom is 0.303 e. The number of thioether (sulfide) groups is 1. The molecule has 0 saturated carbocycles. The SMILES string of the molecule is CCCCCCCCSCC1COCC1CCCCCCC(=O)O. The molecule has 1 saturated heterocycles. The van der Waals surface area contributed by atoms with Crippen molar-refractivity contribution >= 4 is 17.7 Å². The summed E-state index contributed by atoms with van der Waals surface area (Å²) in [5.41, 5.74) is 0. The third kappa shape index (κ3) is 11.4. The molecule has 0 aromatic rings. The molecule has 0 amide bonds. The predicted octanol–water partition coefficient (Wildman–Crippen LogP) is 5.77. The molecule has 0 spiro atoms. The molecule has 0 aromatic carbocycles. The molecule has 1 fully saturated rings. The van der Waals surface area contributed by atoms with Gasteiger partial charge in [0.25, 0.3) is 0 Å². The van der Waals surface area contributed by atoms with Crippen molar-refractivity contribution in [2.24, 2.45) is 11.8 Å². The minimum Gasteiger partial charge on any atom is -0.481 e. The van der Waals surface area contributed by atoms with E-state index < -0.39 is 5.97 Å². The first-order valence-corrected chi connectivity index (χ1v) is 11.3. The monoisotopic (exact) mass is 358 g/mol. The van der Waals surface area contributed by atoms with Crippen LogP contribution in [0.3, 0.4) is 0 Å². The molecule has 1 aliphatic heterocycles. The topological polar surface area (TPSA) is 46.5 Å². The zero-order valence-corrected chi connectivity index (χ0v) is 16.5. The molecule has 3 nitrogen and oxygen atoms in total. The molecule has 1 aliphatic rings. The summed E-state index contributed by atoms with van der Waals surface area (Å²) in [6, 6.07) is 0. The van der Waals surface area contributed by atoms with E-state index in [9.17, 15) is 4.79 Å². The number of rotatable bonds is 16. The van der Waals surface area contributed by atoms with Gasteiger partial charge in [-0.3, -0.25) is 4.79 Å². The molecule has 2 atom stereocenters. The number of hydrogen-bond donors (Lipinski definition) is 1. The fraction of sp³-hybridized carbons (Fsp3) is 0.950. The first-order valence-electron chi connectivity index (χ1n) is 10.1. The summed E-state index contributed by atoms with van der Waals surface area (Å²) < 4.78 is 5.71. The Bertz CT molecular complexity index is 309. The summed E-state index contributed by atoms with van der Waals surface area (Å²) >= 11 is 2.12. The van der Waals surface area contributed by atoms with Crippen molar-refractivity contribution in [2.75, 3.05) is 24.7 Å². The van der Waals surface area contributed by atoms with E-state index in [0.29, 0.717) is 6.42 Å². The van der Waals surface area contributed by atoms with Gasteiger partial charge < -0.3 is 9.84 Å². The van der Waals surface area contributed by atoms with Crippen LogP contribution < -0.4 is 0 Å². The van der Waals surface area contributed by atoms with Crippen molar-refractivity contribution in [1.82, 2.24) is 0 Å². The molecular formula is C20H38O3S. The second-order valence-corrected chi connectivity index (χ2v) is 8.40. The summed E-state index contributed by atoms with van der Waals surface area (Å²) in [5, 5.41) is 8.63. The van der Waals surface area contributed by atoms with Crippen LogP contribution in [0.2, 0.25) is 0 Å². The number of ether oxygens (including phenoxy) is 1. The van der Waals surface area contributed by atoms with Crippen LogP contribution in [0.1, 0.15) is 84.0 Å². The van der Waals surface area contributed by atoms with E-state index in [1.807, 2.05) is 0 Å². The molecule has 0 aliphatic carbocycles. The Balaban J connectivity index is 1.95. The van der Waals surface area contributed by atoms with E-state index in [0.717, 1.165) is 37.9 Å². The summed E-state index contributed by atoms with van der Waals surface area (Å²) in [6.45, 7) is 4.16. The average molecular weight is 359 g/mol. The van der Waals surface area contributed by atoms with Crippen LogP contribution in [0, 0.1) is 11.8 Å². The largest absolute Gasteiger partial charge is 0.481 e. The molecule has 2 unspecified atom stereocenters. The van der Waals surface area contributed by atoms with Gasteiger partial charge in [0.05, 0.1) is 6.61 Å². The van der Waals surface area contributed by atoms with Gasteiger partial charge in [-0.1, -0.05) is 58.3 Å². The van der Waals surface area contributed by atoms with Crippen LogP contribution in [-0.2, 0) is 9.53 Å². The van der Waals surface area contributed by atoms with E-state index in [-0.39, 0.29) is 0 Å². The second-order valence-electron chi connectivity index (χ2n) is 7.25. The Hall–Kier alpha value is -0.220. The smallest absolute Gasteiger partial charge is 0.303 e. The molecule has 24 heavy (non-hydrogen) atoms. The van der Waals surface area contributed by atoms with Crippen LogP contribution in [0.5, 0.6) is 0 Å². The number of carbonyl (C=O) groups is 1. The van der Waals surface area contributed by atoms with Gasteiger partial charge in [-0.2, -0.15) is 11.8 Å². The fourth-order valence-corrected chi connectivity index (χ4v) is 4.65. The van der Waals surface area contributed by atoms with Crippen molar-refractivity contribution in [2.45, 2.75) is 84.0 Å². The molecular weight excluding hydrogens is 320 g/mol. The van der Waals surface area contributed by atoms with Gasteiger partial charge in [-0.05, 0) is 42.6 Å². The van der Waals surface area contributed by atoms with Crippen molar-refractivity contribution in [3.8, 4) is 0 Å². The number of unbranched alkanes of at least 4 members (excludes halogenated alkanes) is 8. The van der Waals surface area contributed by atoms with Gasteiger partial charge in [0, 0.05) is 13.0 Å². The third-order valence-corrected chi connectivity index (χ3v) is 6.26. The van der Waals surface area contributed by atoms with E-state index in [1.165, 1.54) is 69.3 Å². The van der Waals surface area contributed by atoms with Crippen LogP contribution in [0.15, 0.2) is 0 Å². The zero-order valence-electron chi connectivity index (χ0n) is 15.6. The van der Waals surface area contributed by atoms with Gasteiger partial charge in [0.1, 0.15) is 0 Å². The van der Waals surface area contributed by atoms with Crippen molar-refractivity contribution in [1.29, 1.82) is 0 Å². The summed E-state index contributed by atoms with van der Waals surface area (Å²) in [7, 11) is 0. The third-order valence-electron chi connectivity index (χ3n) is 5.02.